The van der Waals surface area contributed by atoms with Crippen LogP contribution in [0.15, 0.2) is 60.7 Å². The first kappa shape index (κ1) is 24.1. The number of piperazine rings is 1. The molecule has 0 aromatic heterocycles. The SMILES string of the molecule is CCc1c(OCc2ccc(CN3CCN(c4ccc(C)cc4F)CC3)cc2)cccc1N(C)C. The zero-order valence-corrected chi connectivity index (χ0v) is 20.9. The lowest BCUT2D eigenvalue weighted by molar-refractivity contribution is 0.249. The van der Waals surface area contributed by atoms with Crippen LogP contribution in [0.25, 0.3) is 0 Å². The maximum Gasteiger partial charge on any atom is 0.146 e. The molecule has 0 radical (unpaired) electrons. The average molecular weight is 462 g/mol. The van der Waals surface area contributed by atoms with Crippen LogP contribution in [0, 0.1) is 12.7 Å². The van der Waals surface area contributed by atoms with Crippen molar-refractivity contribution in [2.24, 2.45) is 0 Å². The van der Waals surface area contributed by atoms with Crippen molar-refractivity contribution in [3.05, 3.63) is 88.7 Å². The molecule has 0 saturated carbocycles. The molecule has 5 heteroatoms. The Labute approximate surface area is 203 Å². The normalized spacial score (nSPS) is 14.3. The van der Waals surface area contributed by atoms with Gasteiger partial charge in [-0.1, -0.05) is 43.3 Å². The van der Waals surface area contributed by atoms with E-state index < -0.39 is 0 Å². The van der Waals surface area contributed by atoms with E-state index in [0.29, 0.717) is 6.61 Å². The minimum atomic E-state index is -0.120. The molecular weight excluding hydrogens is 425 g/mol. The largest absolute Gasteiger partial charge is 0.489 e. The van der Waals surface area contributed by atoms with Gasteiger partial charge in [-0.2, -0.15) is 0 Å². The Morgan fingerprint density at radius 2 is 1.62 bits per heavy atom. The van der Waals surface area contributed by atoms with Crippen molar-refractivity contribution < 1.29 is 9.13 Å². The van der Waals surface area contributed by atoms with Gasteiger partial charge in [0.05, 0.1) is 5.69 Å². The van der Waals surface area contributed by atoms with Gasteiger partial charge in [-0.05, 0) is 54.3 Å². The third kappa shape index (κ3) is 5.71. The fourth-order valence-electron chi connectivity index (χ4n) is 4.64. The predicted octanol–water partition coefficient (Wildman–Crippen LogP) is 5.66. The van der Waals surface area contributed by atoms with Gasteiger partial charge in [-0.25, -0.2) is 4.39 Å². The van der Waals surface area contributed by atoms with E-state index in [4.69, 9.17) is 4.74 Å². The highest BCUT2D eigenvalue weighted by molar-refractivity contribution is 5.58. The van der Waals surface area contributed by atoms with Crippen LogP contribution in [-0.4, -0.2) is 45.2 Å². The summed E-state index contributed by atoms with van der Waals surface area (Å²) >= 11 is 0. The van der Waals surface area contributed by atoms with Crippen LogP contribution in [0.3, 0.4) is 0 Å². The summed E-state index contributed by atoms with van der Waals surface area (Å²) in [5.74, 6) is 0.839. The van der Waals surface area contributed by atoms with Crippen LogP contribution in [0.1, 0.15) is 29.2 Å². The van der Waals surface area contributed by atoms with Crippen molar-refractivity contribution in [3.63, 3.8) is 0 Å². The second-order valence-electron chi connectivity index (χ2n) is 9.33. The first-order valence-electron chi connectivity index (χ1n) is 12.2. The van der Waals surface area contributed by atoms with Crippen LogP contribution in [0.2, 0.25) is 0 Å². The van der Waals surface area contributed by atoms with Crippen LogP contribution in [0.5, 0.6) is 5.75 Å². The maximum atomic E-state index is 14.3. The topological polar surface area (TPSA) is 19.0 Å². The molecule has 34 heavy (non-hydrogen) atoms. The number of halogens is 1. The lowest BCUT2D eigenvalue weighted by Gasteiger charge is -2.36. The summed E-state index contributed by atoms with van der Waals surface area (Å²) in [7, 11) is 4.13. The van der Waals surface area contributed by atoms with Crippen molar-refractivity contribution in [1.29, 1.82) is 0 Å². The van der Waals surface area contributed by atoms with E-state index in [2.05, 4.69) is 78.2 Å². The molecule has 0 atom stereocenters. The third-order valence-corrected chi connectivity index (χ3v) is 6.58. The molecule has 1 aliphatic heterocycles. The first-order valence-corrected chi connectivity index (χ1v) is 12.2. The van der Waals surface area contributed by atoms with E-state index in [-0.39, 0.29) is 5.82 Å². The molecule has 3 aromatic carbocycles. The molecule has 180 valence electrons. The Morgan fingerprint density at radius 3 is 2.26 bits per heavy atom. The number of rotatable bonds is 8. The van der Waals surface area contributed by atoms with Crippen LogP contribution < -0.4 is 14.5 Å². The van der Waals surface area contributed by atoms with Gasteiger partial charge in [0.1, 0.15) is 18.2 Å². The molecule has 0 N–H and O–H groups in total. The summed E-state index contributed by atoms with van der Waals surface area (Å²) in [5, 5.41) is 0. The van der Waals surface area contributed by atoms with Crippen molar-refractivity contribution in [3.8, 4) is 5.75 Å². The van der Waals surface area contributed by atoms with Crippen LogP contribution >= 0.6 is 0 Å². The Hall–Kier alpha value is -3.05. The van der Waals surface area contributed by atoms with E-state index >= 15 is 0 Å². The molecule has 3 aromatic rings. The lowest BCUT2D eigenvalue weighted by Crippen LogP contribution is -2.46. The second kappa shape index (κ2) is 10.9. The number of nitrogens with zero attached hydrogens (tertiary/aromatic N) is 3. The van der Waals surface area contributed by atoms with E-state index in [9.17, 15) is 4.39 Å². The molecule has 1 fully saturated rings. The van der Waals surface area contributed by atoms with E-state index in [1.165, 1.54) is 22.4 Å². The van der Waals surface area contributed by atoms with Crippen LogP contribution in [-0.2, 0) is 19.6 Å². The number of hydrogen-bond donors (Lipinski definition) is 0. The molecule has 0 bridgehead atoms. The Morgan fingerprint density at radius 1 is 0.912 bits per heavy atom. The molecule has 0 spiro atoms. The molecule has 0 aliphatic carbocycles. The minimum Gasteiger partial charge on any atom is -0.489 e. The first-order chi connectivity index (χ1) is 16.4. The average Bonchev–Trinajstić information content (AvgIpc) is 2.84. The van der Waals surface area contributed by atoms with Gasteiger partial charge >= 0.3 is 0 Å². The summed E-state index contributed by atoms with van der Waals surface area (Å²) in [5.41, 5.74) is 6.59. The lowest BCUT2D eigenvalue weighted by atomic mass is 10.1. The number of hydrogen-bond acceptors (Lipinski definition) is 4. The van der Waals surface area contributed by atoms with Gasteiger partial charge in [0.25, 0.3) is 0 Å². The fraction of sp³-hybridized carbons (Fsp3) is 0.379. The predicted molar refractivity (Wildman–Crippen MR) is 140 cm³/mol. The van der Waals surface area contributed by atoms with Gasteiger partial charge < -0.3 is 14.5 Å². The molecule has 0 unspecified atom stereocenters. The molecule has 1 saturated heterocycles. The van der Waals surface area contributed by atoms with Gasteiger partial charge in [0, 0.05) is 58.1 Å². The number of aryl methyl sites for hydroxylation is 1. The van der Waals surface area contributed by atoms with Crippen molar-refractivity contribution in [2.75, 3.05) is 50.1 Å². The minimum absolute atomic E-state index is 0.120. The number of ether oxygens (including phenoxy) is 1. The second-order valence-corrected chi connectivity index (χ2v) is 9.33. The third-order valence-electron chi connectivity index (χ3n) is 6.58. The zero-order chi connectivity index (χ0) is 24.1. The summed E-state index contributed by atoms with van der Waals surface area (Å²) in [6.45, 7) is 9.12. The number of anilines is 2. The summed E-state index contributed by atoms with van der Waals surface area (Å²) in [6, 6.07) is 20.5. The molecule has 1 heterocycles. The highest BCUT2D eigenvalue weighted by Crippen LogP contribution is 2.29. The summed E-state index contributed by atoms with van der Waals surface area (Å²) in [4.78, 5) is 6.73. The van der Waals surface area contributed by atoms with Crippen molar-refractivity contribution in [2.45, 2.75) is 33.4 Å². The summed E-state index contributed by atoms with van der Waals surface area (Å²) < 4.78 is 20.5. The van der Waals surface area contributed by atoms with E-state index in [1.54, 1.807) is 6.07 Å². The fourth-order valence-corrected chi connectivity index (χ4v) is 4.64. The molecule has 1 aliphatic rings. The van der Waals surface area contributed by atoms with Gasteiger partial charge in [0.15, 0.2) is 0 Å². The Balaban J connectivity index is 1.30. The zero-order valence-electron chi connectivity index (χ0n) is 20.9. The summed E-state index contributed by atoms with van der Waals surface area (Å²) in [6.07, 6.45) is 0.937. The molecule has 4 nitrogen and oxygen atoms in total. The Kier molecular flexibility index (Phi) is 7.73. The van der Waals surface area contributed by atoms with Gasteiger partial charge in [0.2, 0.25) is 0 Å². The maximum absolute atomic E-state index is 14.3. The Bertz CT molecular complexity index is 1090. The van der Waals surface area contributed by atoms with Crippen molar-refractivity contribution >= 4 is 11.4 Å². The standard InChI is InChI=1S/C29H36FN3O/c1-5-25-27(31(3)4)7-6-8-29(25)34-21-24-12-10-23(11-13-24)20-32-15-17-33(18-16-32)28-14-9-22(2)19-26(28)30/h6-14,19H,5,15-18,20-21H2,1-4H3. The molecule has 0 amide bonds. The van der Waals surface area contributed by atoms with E-state index in [1.807, 2.05) is 19.1 Å². The molecular formula is C29H36FN3O. The van der Waals surface area contributed by atoms with Gasteiger partial charge in [-0.3, -0.25) is 4.90 Å². The molecule has 4 rings (SSSR count). The monoisotopic (exact) mass is 461 g/mol. The van der Waals surface area contributed by atoms with Gasteiger partial charge in [-0.15, -0.1) is 0 Å². The quantitative estimate of drug-likeness (QED) is 0.431. The highest BCUT2D eigenvalue weighted by atomic mass is 19.1. The van der Waals surface area contributed by atoms with Crippen molar-refractivity contribution in [1.82, 2.24) is 4.90 Å². The highest BCUT2D eigenvalue weighted by Gasteiger charge is 2.19. The van der Waals surface area contributed by atoms with E-state index in [0.717, 1.165) is 56.1 Å². The number of benzene rings is 3. The smallest absolute Gasteiger partial charge is 0.146 e. The van der Waals surface area contributed by atoms with Crippen LogP contribution in [0.4, 0.5) is 15.8 Å².